The molecule has 1 aromatic heterocycles. The van der Waals surface area contributed by atoms with Gasteiger partial charge in [0.1, 0.15) is 0 Å². The van der Waals surface area contributed by atoms with Gasteiger partial charge in [-0.1, -0.05) is 29.8 Å². The summed E-state index contributed by atoms with van der Waals surface area (Å²) in [5, 5.41) is 4.37. The van der Waals surface area contributed by atoms with E-state index in [9.17, 15) is 4.79 Å². The van der Waals surface area contributed by atoms with Gasteiger partial charge in [0.2, 0.25) is 5.91 Å². The van der Waals surface area contributed by atoms with E-state index in [0.29, 0.717) is 12.5 Å². The summed E-state index contributed by atoms with van der Waals surface area (Å²) in [6.07, 6.45) is 2.13. The van der Waals surface area contributed by atoms with Crippen LogP contribution in [0.1, 0.15) is 40.5 Å². The van der Waals surface area contributed by atoms with Crippen molar-refractivity contribution in [3.63, 3.8) is 0 Å². The van der Waals surface area contributed by atoms with Crippen molar-refractivity contribution in [3.05, 3.63) is 58.1 Å². The van der Waals surface area contributed by atoms with Crippen LogP contribution in [0, 0.1) is 20.8 Å². The maximum Gasteiger partial charge on any atom is 0.238 e. The van der Waals surface area contributed by atoms with E-state index < -0.39 is 0 Å². The van der Waals surface area contributed by atoms with Crippen molar-refractivity contribution < 1.29 is 4.79 Å². The van der Waals surface area contributed by atoms with Gasteiger partial charge in [-0.15, -0.1) is 11.3 Å². The van der Waals surface area contributed by atoms with E-state index >= 15 is 0 Å². The molecule has 1 amide bonds. The van der Waals surface area contributed by atoms with Crippen LogP contribution in [0.15, 0.2) is 36.4 Å². The topological polar surface area (TPSA) is 45.2 Å². The van der Waals surface area contributed by atoms with Gasteiger partial charge < -0.3 is 5.32 Å². The molecule has 1 aliphatic heterocycles. The fourth-order valence-corrected chi connectivity index (χ4v) is 5.30. The molecule has 1 fully saturated rings. The van der Waals surface area contributed by atoms with E-state index in [-0.39, 0.29) is 5.91 Å². The van der Waals surface area contributed by atoms with Gasteiger partial charge in [0.05, 0.1) is 21.8 Å². The number of amides is 1. The number of nitrogens with zero attached hydrogens (tertiary/aromatic N) is 2. The molecule has 0 spiro atoms. The summed E-state index contributed by atoms with van der Waals surface area (Å²) < 4.78 is 1.27. The summed E-state index contributed by atoms with van der Waals surface area (Å²) in [6.45, 7) is 8.54. The molecule has 0 bridgehead atoms. The molecule has 1 saturated heterocycles. The molecule has 0 aliphatic carbocycles. The summed E-state index contributed by atoms with van der Waals surface area (Å²) in [5.74, 6) is 0.590. The number of benzene rings is 2. The van der Waals surface area contributed by atoms with Crippen LogP contribution >= 0.6 is 11.3 Å². The first-order valence-electron chi connectivity index (χ1n) is 9.95. The lowest BCUT2D eigenvalue weighted by molar-refractivity contribution is -0.117. The molecule has 0 saturated carbocycles. The van der Waals surface area contributed by atoms with Gasteiger partial charge in [-0.3, -0.25) is 9.69 Å². The summed E-state index contributed by atoms with van der Waals surface area (Å²) >= 11 is 1.82. The van der Waals surface area contributed by atoms with E-state index in [1.165, 1.54) is 15.3 Å². The highest BCUT2D eigenvalue weighted by Crippen LogP contribution is 2.33. The summed E-state index contributed by atoms with van der Waals surface area (Å²) in [6, 6.07) is 12.6. The number of anilines is 1. The lowest BCUT2D eigenvalue weighted by Crippen LogP contribution is -2.38. The van der Waals surface area contributed by atoms with E-state index in [2.05, 4.69) is 61.3 Å². The average Bonchev–Trinajstić information content (AvgIpc) is 3.09. The van der Waals surface area contributed by atoms with E-state index in [4.69, 9.17) is 4.98 Å². The molecule has 2 heterocycles. The van der Waals surface area contributed by atoms with E-state index in [1.807, 2.05) is 17.4 Å². The van der Waals surface area contributed by atoms with Gasteiger partial charge in [0.15, 0.2) is 0 Å². The molecule has 4 nitrogen and oxygen atoms in total. The second-order valence-electron chi connectivity index (χ2n) is 7.89. The lowest BCUT2D eigenvalue weighted by Gasteiger charge is -2.30. The van der Waals surface area contributed by atoms with Crippen LogP contribution in [-0.4, -0.2) is 35.4 Å². The lowest BCUT2D eigenvalue weighted by atomic mass is 9.97. The van der Waals surface area contributed by atoms with Crippen molar-refractivity contribution in [3.8, 4) is 0 Å². The number of thiazole rings is 1. The van der Waals surface area contributed by atoms with Crippen molar-refractivity contribution >= 4 is 33.1 Å². The summed E-state index contributed by atoms with van der Waals surface area (Å²) in [5.41, 5.74) is 5.54. The zero-order valence-electron chi connectivity index (χ0n) is 16.8. The predicted octanol–water partition coefficient (Wildman–Crippen LogP) is 5.04. The molecule has 0 atom stereocenters. The SMILES string of the molecule is Cc1cc(C)c(NC(=O)CN2CCC(c3nc4ccccc4s3)CC2)c(C)c1. The minimum atomic E-state index is 0.0773. The number of para-hydroxylation sites is 1. The van der Waals surface area contributed by atoms with Gasteiger partial charge in [0.25, 0.3) is 0 Å². The van der Waals surface area contributed by atoms with E-state index in [0.717, 1.165) is 48.3 Å². The van der Waals surface area contributed by atoms with Crippen molar-refractivity contribution in [1.82, 2.24) is 9.88 Å². The maximum absolute atomic E-state index is 12.6. The fourth-order valence-electron chi connectivity index (χ4n) is 4.16. The Morgan fingerprint density at radius 2 is 1.82 bits per heavy atom. The minimum absolute atomic E-state index is 0.0773. The number of hydrogen-bond donors (Lipinski definition) is 1. The number of carbonyl (C=O) groups is 1. The van der Waals surface area contributed by atoms with Crippen LogP contribution in [0.5, 0.6) is 0 Å². The van der Waals surface area contributed by atoms with Crippen molar-refractivity contribution in [1.29, 1.82) is 0 Å². The molecule has 0 unspecified atom stereocenters. The molecule has 4 rings (SSSR count). The molecule has 1 N–H and O–H groups in total. The zero-order chi connectivity index (χ0) is 19.7. The monoisotopic (exact) mass is 393 g/mol. The van der Waals surface area contributed by atoms with Crippen LogP contribution < -0.4 is 5.32 Å². The largest absolute Gasteiger partial charge is 0.324 e. The quantitative estimate of drug-likeness (QED) is 0.675. The van der Waals surface area contributed by atoms with Crippen LogP contribution in [0.4, 0.5) is 5.69 Å². The first-order valence-corrected chi connectivity index (χ1v) is 10.8. The molecule has 3 aromatic rings. The molecule has 28 heavy (non-hydrogen) atoms. The van der Waals surface area contributed by atoms with Gasteiger partial charge >= 0.3 is 0 Å². The minimum Gasteiger partial charge on any atom is -0.324 e. The molecule has 146 valence electrons. The second-order valence-corrected chi connectivity index (χ2v) is 8.95. The van der Waals surface area contributed by atoms with Crippen LogP contribution in [0.2, 0.25) is 0 Å². The van der Waals surface area contributed by atoms with Crippen molar-refractivity contribution in [2.75, 3.05) is 25.0 Å². The Kier molecular flexibility index (Phi) is 5.47. The second kappa shape index (κ2) is 8.02. The van der Waals surface area contributed by atoms with Crippen LogP contribution in [0.25, 0.3) is 10.2 Å². The Morgan fingerprint density at radius 3 is 2.50 bits per heavy atom. The highest BCUT2D eigenvalue weighted by molar-refractivity contribution is 7.18. The number of aryl methyl sites for hydroxylation is 3. The average molecular weight is 394 g/mol. The van der Waals surface area contributed by atoms with Crippen molar-refractivity contribution in [2.24, 2.45) is 0 Å². The number of aromatic nitrogens is 1. The molecule has 1 aliphatic rings. The zero-order valence-corrected chi connectivity index (χ0v) is 17.6. The molecule has 2 aromatic carbocycles. The van der Waals surface area contributed by atoms with Crippen LogP contribution in [0.3, 0.4) is 0 Å². The normalized spacial score (nSPS) is 15.8. The molecular weight excluding hydrogens is 366 g/mol. The predicted molar refractivity (Wildman–Crippen MR) is 117 cm³/mol. The number of hydrogen-bond acceptors (Lipinski definition) is 4. The summed E-state index contributed by atoms with van der Waals surface area (Å²) in [4.78, 5) is 19.7. The maximum atomic E-state index is 12.6. The number of likely N-dealkylation sites (tertiary alicyclic amines) is 1. The molecular formula is C23H27N3OS. The Labute approximate surface area is 170 Å². The Hall–Kier alpha value is -2.24. The third kappa shape index (κ3) is 4.10. The highest BCUT2D eigenvalue weighted by Gasteiger charge is 2.24. The highest BCUT2D eigenvalue weighted by atomic mass is 32.1. The van der Waals surface area contributed by atoms with Gasteiger partial charge in [-0.2, -0.15) is 0 Å². The number of carbonyl (C=O) groups excluding carboxylic acids is 1. The molecule has 5 heteroatoms. The number of nitrogens with one attached hydrogen (secondary N) is 1. The smallest absolute Gasteiger partial charge is 0.238 e. The van der Waals surface area contributed by atoms with Gasteiger partial charge in [-0.05, 0) is 70.0 Å². The Morgan fingerprint density at radius 1 is 1.14 bits per heavy atom. The third-order valence-electron chi connectivity index (χ3n) is 5.56. The first-order chi connectivity index (χ1) is 13.5. The van der Waals surface area contributed by atoms with E-state index in [1.54, 1.807) is 0 Å². The number of rotatable bonds is 4. The fraction of sp³-hybridized carbons (Fsp3) is 0.391. The summed E-state index contributed by atoms with van der Waals surface area (Å²) in [7, 11) is 0. The third-order valence-corrected chi connectivity index (χ3v) is 6.75. The Bertz CT molecular complexity index is 946. The van der Waals surface area contributed by atoms with Gasteiger partial charge in [-0.25, -0.2) is 4.98 Å². The van der Waals surface area contributed by atoms with Crippen LogP contribution in [-0.2, 0) is 4.79 Å². The van der Waals surface area contributed by atoms with Gasteiger partial charge in [0, 0.05) is 11.6 Å². The number of fused-ring (bicyclic) bond motifs is 1. The first kappa shape index (κ1) is 19.1. The Balaban J connectivity index is 1.33. The standard InChI is InChI=1S/C23H27N3OS/c1-15-12-16(2)22(17(3)13-15)25-21(27)14-26-10-8-18(9-11-26)23-24-19-6-4-5-7-20(19)28-23/h4-7,12-13,18H,8-11,14H2,1-3H3,(H,25,27). The van der Waals surface area contributed by atoms with Crippen molar-refractivity contribution in [2.45, 2.75) is 39.5 Å². The number of piperidine rings is 1. The molecule has 0 radical (unpaired) electrons.